The molecule has 2 saturated heterocycles. The predicted molar refractivity (Wildman–Crippen MR) is 147 cm³/mol. The molecule has 3 aliphatic rings. The third kappa shape index (κ3) is 5.70. The highest BCUT2D eigenvalue weighted by Crippen LogP contribution is 2.40. The topological polar surface area (TPSA) is 56.8 Å². The van der Waals surface area contributed by atoms with Gasteiger partial charge < -0.3 is 14.7 Å². The first-order chi connectivity index (χ1) is 17.8. The van der Waals surface area contributed by atoms with E-state index in [0.29, 0.717) is 23.7 Å². The summed E-state index contributed by atoms with van der Waals surface area (Å²) in [6.07, 6.45) is 6.68. The van der Waals surface area contributed by atoms with Gasteiger partial charge in [-0.15, -0.1) is 0 Å². The fraction of sp³-hybridized carbons (Fsp3) is 0.567. The van der Waals surface area contributed by atoms with Crippen LogP contribution >= 0.6 is 11.6 Å². The molecular formula is C30H39ClN4O2. The highest BCUT2D eigenvalue weighted by atomic mass is 35.5. The SMILES string of the molecule is Cc1cc(Cl)nc(C)c1C(=O)CCCC(C)N1CCC(N2C(=O)N(C3CC3)C[C@H]2c2ccccc2)CC1. The molecule has 0 bridgehead atoms. The van der Waals surface area contributed by atoms with Crippen LogP contribution in [-0.2, 0) is 0 Å². The molecular weight excluding hydrogens is 484 g/mol. The fourth-order valence-corrected chi connectivity index (χ4v) is 6.64. The van der Waals surface area contributed by atoms with Crippen LogP contribution in [0.2, 0.25) is 5.15 Å². The smallest absolute Gasteiger partial charge is 0.319 e. The summed E-state index contributed by atoms with van der Waals surface area (Å²) >= 11 is 6.03. The van der Waals surface area contributed by atoms with E-state index in [2.05, 4.69) is 50.9 Å². The number of piperidine rings is 1. The van der Waals surface area contributed by atoms with Gasteiger partial charge in [-0.1, -0.05) is 41.9 Å². The Bertz CT molecular complexity index is 1100. The second-order valence-electron chi connectivity index (χ2n) is 11.2. The molecule has 0 radical (unpaired) electrons. The Morgan fingerprint density at radius 2 is 1.78 bits per heavy atom. The van der Waals surface area contributed by atoms with Gasteiger partial charge in [0.15, 0.2) is 5.78 Å². The van der Waals surface area contributed by atoms with Gasteiger partial charge in [0, 0.05) is 49.7 Å². The van der Waals surface area contributed by atoms with Crippen LogP contribution in [0.5, 0.6) is 0 Å². The number of urea groups is 1. The van der Waals surface area contributed by atoms with Crippen LogP contribution < -0.4 is 0 Å². The second-order valence-corrected chi connectivity index (χ2v) is 11.5. The van der Waals surface area contributed by atoms with Crippen LogP contribution in [0.15, 0.2) is 36.4 Å². The molecule has 1 aliphatic carbocycles. The first kappa shape index (κ1) is 26.2. The summed E-state index contributed by atoms with van der Waals surface area (Å²) in [5, 5.41) is 0.439. The van der Waals surface area contributed by atoms with Crippen LogP contribution in [0.3, 0.4) is 0 Å². The summed E-state index contributed by atoms with van der Waals surface area (Å²) in [6, 6.07) is 13.9. The number of carbonyl (C=O) groups excluding carboxylic acids is 2. The molecule has 2 atom stereocenters. The van der Waals surface area contributed by atoms with E-state index in [1.54, 1.807) is 6.07 Å². The molecule has 2 aromatic rings. The standard InChI is InChI=1S/C30H39ClN4O2/c1-20-18-28(31)32-22(3)29(20)27(36)11-7-8-21(2)33-16-14-25(15-17-33)35-26(23-9-5-4-6-10-23)19-34(30(35)37)24-12-13-24/h4-6,9-10,18,21,24-26H,7-8,11-17,19H2,1-3H3/t21?,26-/m0/s1. The molecule has 1 unspecified atom stereocenters. The zero-order valence-electron chi connectivity index (χ0n) is 22.3. The van der Waals surface area contributed by atoms with Gasteiger partial charge in [-0.05, 0) is 76.5 Å². The summed E-state index contributed by atoms with van der Waals surface area (Å²) in [5.74, 6) is 0.157. The number of hydrogen-bond donors (Lipinski definition) is 0. The van der Waals surface area contributed by atoms with Crippen molar-refractivity contribution in [1.82, 2.24) is 19.7 Å². The van der Waals surface area contributed by atoms with E-state index >= 15 is 0 Å². The number of amides is 2. The number of hydrogen-bond acceptors (Lipinski definition) is 4. The number of rotatable bonds is 9. The molecule has 1 aromatic heterocycles. The summed E-state index contributed by atoms with van der Waals surface area (Å²) in [6.45, 7) is 8.86. The van der Waals surface area contributed by atoms with Crippen molar-refractivity contribution in [2.24, 2.45) is 0 Å². The number of pyridine rings is 1. The Morgan fingerprint density at radius 1 is 1.08 bits per heavy atom. The van der Waals surface area contributed by atoms with Gasteiger partial charge in [-0.3, -0.25) is 4.79 Å². The molecule has 0 N–H and O–H groups in total. The number of aromatic nitrogens is 1. The molecule has 0 spiro atoms. The molecule has 1 aromatic carbocycles. The summed E-state index contributed by atoms with van der Waals surface area (Å²) in [7, 11) is 0. The number of ketones is 1. The Kier molecular flexibility index (Phi) is 7.87. The van der Waals surface area contributed by atoms with E-state index in [9.17, 15) is 9.59 Å². The molecule has 198 valence electrons. The van der Waals surface area contributed by atoms with E-state index in [0.717, 1.165) is 75.0 Å². The molecule has 6 nitrogen and oxygen atoms in total. The van der Waals surface area contributed by atoms with Crippen LogP contribution in [0.4, 0.5) is 4.79 Å². The molecule has 7 heteroatoms. The van der Waals surface area contributed by atoms with Gasteiger partial charge in [-0.25, -0.2) is 9.78 Å². The Balaban J connectivity index is 1.14. The first-order valence-electron chi connectivity index (χ1n) is 13.9. The summed E-state index contributed by atoms with van der Waals surface area (Å²) < 4.78 is 0. The Hall–Kier alpha value is -2.44. The minimum absolute atomic E-state index is 0.156. The van der Waals surface area contributed by atoms with Gasteiger partial charge in [0.25, 0.3) is 0 Å². The zero-order chi connectivity index (χ0) is 26.1. The predicted octanol–water partition coefficient (Wildman–Crippen LogP) is 6.20. The normalized spacial score (nSPS) is 22.1. The molecule has 3 heterocycles. The number of halogens is 1. The maximum absolute atomic E-state index is 13.5. The van der Waals surface area contributed by atoms with Gasteiger partial charge in [0.2, 0.25) is 0 Å². The van der Waals surface area contributed by atoms with Crippen molar-refractivity contribution in [1.29, 1.82) is 0 Å². The molecule has 1 saturated carbocycles. The highest BCUT2D eigenvalue weighted by molar-refractivity contribution is 6.29. The van der Waals surface area contributed by atoms with Gasteiger partial charge in [0.1, 0.15) is 5.15 Å². The third-order valence-electron chi connectivity index (χ3n) is 8.53. The number of carbonyl (C=O) groups is 2. The second kappa shape index (κ2) is 11.1. The molecule has 37 heavy (non-hydrogen) atoms. The van der Waals surface area contributed by atoms with E-state index in [1.807, 2.05) is 19.9 Å². The average molecular weight is 523 g/mol. The number of benzene rings is 1. The number of aryl methyl sites for hydroxylation is 2. The van der Waals surface area contributed by atoms with Gasteiger partial charge >= 0.3 is 6.03 Å². The van der Waals surface area contributed by atoms with E-state index in [1.165, 1.54) is 5.56 Å². The van der Waals surface area contributed by atoms with Crippen LogP contribution in [0.25, 0.3) is 0 Å². The van der Waals surface area contributed by atoms with Crippen molar-refractivity contribution in [2.45, 2.75) is 89.9 Å². The largest absolute Gasteiger partial charge is 0.321 e. The number of nitrogens with zero attached hydrogens (tertiary/aromatic N) is 4. The number of Topliss-reactive ketones (excluding diaryl/α,β-unsaturated/α-hetero) is 1. The maximum Gasteiger partial charge on any atom is 0.321 e. The lowest BCUT2D eigenvalue weighted by Crippen LogP contribution is -2.49. The lowest BCUT2D eigenvalue weighted by Gasteiger charge is -2.41. The summed E-state index contributed by atoms with van der Waals surface area (Å²) in [4.78, 5) is 37.5. The van der Waals surface area contributed by atoms with Gasteiger partial charge in [-0.2, -0.15) is 0 Å². The molecule has 2 aliphatic heterocycles. The minimum atomic E-state index is 0.156. The van der Waals surface area contributed by atoms with E-state index < -0.39 is 0 Å². The zero-order valence-corrected chi connectivity index (χ0v) is 23.1. The minimum Gasteiger partial charge on any atom is -0.319 e. The third-order valence-corrected chi connectivity index (χ3v) is 8.72. The van der Waals surface area contributed by atoms with Crippen molar-refractivity contribution in [3.63, 3.8) is 0 Å². The quantitative estimate of drug-likeness (QED) is 0.290. The van der Waals surface area contributed by atoms with Crippen molar-refractivity contribution in [3.8, 4) is 0 Å². The molecule has 3 fully saturated rings. The number of likely N-dealkylation sites (tertiary alicyclic amines) is 1. The van der Waals surface area contributed by atoms with Crippen LogP contribution in [0.1, 0.15) is 85.1 Å². The molecule has 2 amide bonds. The lowest BCUT2D eigenvalue weighted by molar-refractivity contribution is 0.0889. The van der Waals surface area contributed by atoms with Crippen LogP contribution in [-0.4, -0.2) is 69.3 Å². The monoisotopic (exact) mass is 522 g/mol. The average Bonchev–Trinajstić information content (AvgIpc) is 3.66. The van der Waals surface area contributed by atoms with Crippen molar-refractivity contribution in [3.05, 3.63) is 63.9 Å². The van der Waals surface area contributed by atoms with Crippen molar-refractivity contribution in [2.75, 3.05) is 19.6 Å². The Labute approximate surface area is 226 Å². The molecule has 5 rings (SSSR count). The summed E-state index contributed by atoms with van der Waals surface area (Å²) in [5.41, 5.74) is 3.60. The highest BCUT2D eigenvalue weighted by Gasteiger charge is 2.47. The van der Waals surface area contributed by atoms with Gasteiger partial charge in [0.05, 0.1) is 11.7 Å². The van der Waals surface area contributed by atoms with Crippen molar-refractivity contribution < 1.29 is 9.59 Å². The lowest BCUT2D eigenvalue weighted by atomic mass is 9.96. The Morgan fingerprint density at radius 3 is 2.43 bits per heavy atom. The fourth-order valence-electron chi connectivity index (χ4n) is 6.35. The van der Waals surface area contributed by atoms with Crippen molar-refractivity contribution >= 4 is 23.4 Å². The van der Waals surface area contributed by atoms with E-state index in [-0.39, 0.29) is 23.9 Å². The van der Waals surface area contributed by atoms with E-state index in [4.69, 9.17) is 11.6 Å². The first-order valence-corrected chi connectivity index (χ1v) is 14.3. The van der Waals surface area contributed by atoms with Crippen LogP contribution in [0, 0.1) is 13.8 Å². The maximum atomic E-state index is 13.5.